The summed E-state index contributed by atoms with van der Waals surface area (Å²) in [7, 11) is 0. The second-order valence-electron chi connectivity index (χ2n) is 4.07. The highest BCUT2D eigenvalue weighted by molar-refractivity contribution is 6.05. The lowest BCUT2D eigenvalue weighted by Gasteiger charge is -2.14. The molecule has 0 radical (unpaired) electrons. The lowest BCUT2D eigenvalue weighted by molar-refractivity contribution is -0.127. The van der Waals surface area contributed by atoms with E-state index in [1.54, 1.807) is 4.90 Å². The van der Waals surface area contributed by atoms with Crippen LogP contribution in [0.2, 0.25) is 0 Å². The molecule has 1 saturated heterocycles. The van der Waals surface area contributed by atoms with E-state index in [9.17, 15) is 9.59 Å². The quantitative estimate of drug-likeness (QED) is 0.615. The van der Waals surface area contributed by atoms with Crippen molar-refractivity contribution in [2.75, 3.05) is 13.1 Å². The molecule has 0 N–H and O–H groups in total. The Bertz CT molecular complexity index is 211. The number of hydrogen-bond donors (Lipinski definition) is 0. The van der Waals surface area contributed by atoms with Crippen molar-refractivity contribution in [3.8, 4) is 0 Å². The van der Waals surface area contributed by atoms with E-state index in [1.165, 1.54) is 0 Å². The Labute approximate surface area is 79.1 Å². The van der Waals surface area contributed by atoms with Crippen LogP contribution in [0.15, 0.2) is 0 Å². The van der Waals surface area contributed by atoms with Gasteiger partial charge in [-0.2, -0.15) is 0 Å². The molecule has 0 saturated carbocycles. The molecule has 74 valence electrons. The highest BCUT2D eigenvalue weighted by atomic mass is 16.2. The van der Waals surface area contributed by atoms with Crippen LogP contribution in [0.1, 0.15) is 33.1 Å². The van der Waals surface area contributed by atoms with E-state index in [2.05, 4.69) is 13.8 Å². The summed E-state index contributed by atoms with van der Waals surface area (Å²) in [6, 6.07) is 0. The van der Waals surface area contributed by atoms with Gasteiger partial charge in [0, 0.05) is 6.54 Å². The number of amides is 1. The molecule has 1 rings (SSSR count). The minimum atomic E-state index is 0.00811. The SMILES string of the molecule is CC(C)CCCN1CC(=O)CC1=O. The molecule has 0 aliphatic carbocycles. The third-order valence-electron chi connectivity index (χ3n) is 2.28. The summed E-state index contributed by atoms with van der Waals surface area (Å²) in [6.07, 6.45) is 2.26. The van der Waals surface area contributed by atoms with Gasteiger partial charge in [0.15, 0.2) is 5.78 Å². The summed E-state index contributed by atoms with van der Waals surface area (Å²) < 4.78 is 0. The molecule has 1 aliphatic heterocycles. The number of nitrogens with zero attached hydrogens (tertiary/aromatic N) is 1. The van der Waals surface area contributed by atoms with Crippen LogP contribution in [0.3, 0.4) is 0 Å². The van der Waals surface area contributed by atoms with Gasteiger partial charge in [-0.3, -0.25) is 9.59 Å². The molecule has 0 atom stereocenters. The maximum absolute atomic E-state index is 11.2. The number of hydrogen-bond acceptors (Lipinski definition) is 2. The third-order valence-corrected chi connectivity index (χ3v) is 2.28. The van der Waals surface area contributed by atoms with E-state index in [0.29, 0.717) is 12.5 Å². The number of carbonyl (C=O) groups excluding carboxylic acids is 2. The summed E-state index contributed by atoms with van der Waals surface area (Å²) in [5, 5.41) is 0. The Kier molecular flexibility index (Phi) is 3.46. The summed E-state index contributed by atoms with van der Waals surface area (Å²) in [5.41, 5.74) is 0. The normalized spacial score (nSPS) is 17.6. The molecule has 1 aliphatic rings. The van der Waals surface area contributed by atoms with Crippen LogP contribution in [0.5, 0.6) is 0 Å². The van der Waals surface area contributed by atoms with Gasteiger partial charge in [-0.25, -0.2) is 0 Å². The molecule has 3 heteroatoms. The van der Waals surface area contributed by atoms with E-state index in [0.717, 1.165) is 19.4 Å². The van der Waals surface area contributed by atoms with Gasteiger partial charge < -0.3 is 4.90 Å². The lowest BCUT2D eigenvalue weighted by atomic mass is 10.1. The largest absolute Gasteiger partial charge is 0.335 e. The average molecular weight is 183 g/mol. The second kappa shape index (κ2) is 4.40. The average Bonchev–Trinajstić information content (AvgIpc) is 2.29. The van der Waals surface area contributed by atoms with Gasteiger partial charge in [-0.1, -0.05) is 13.8 Å². The lowest BCUT2D eigenvalue weighted by Crippen LogP contribution is -2.26. The van der Waals surface area contributed by atoms with Crippen molar-refractivity contribution in [3.05, 3.63) is 0 Å². The fraction of sp³-hybridized carbons (Fsp3) is 0.800. The standard InChI is InChI=1S/C10H17NO2/c1-8(2)4-3-5-11-7-9(12)6-10(11)13/h8H,3-7H2,1-2H3. The van der Waals surface area contributed by atoms with Gasteiger partial charge in [0.1, 0.15) is 0 Å². The summed E-state index contributed by atoms with van der Waals surface area (Å²) in [6.45, 7) is 5.42. The minimum absolute atomic E-state index is 0.00811. The van der Waals surface area contributed by atoms with Crippen LogP contribution >= 0.6 is 0 Å². The number of carbonyl (C=O) groups is 2. The van der Waals surface area contributed by atoms with Crippen LogP contribution in [0.4, 0.5) is 0 Å². The van der Waals surface area contributed by atoms with Gasteiger partial charge in [-0.15, -0.1) is 0 Å². The molecule has 13 heavy (non-hydrogen) atoms. The Morgan fingerprint density at radius 1 is 1.38 bits per heavy atom. The number of ketones is 1. The van der Waals surface area contributed by atoms with Gasteiger partial charge in [0.25, 0.3) is 0 Å². The van der Waals surface area contributed by atoms with Crippen molar-refractivity contribution in [1.29, 1.82) is 0 Å². The van der Waals surface area contributed by atoms with Gasteiger partial charge >= 0.3 is 0 Å². The Morgan fingerprint density at radius 2 is 2.08 bits per heavy atom. The third kappa shape index (κ3) is 3.17. The van der Waals surface area contributed by atoms with Crippen LogP contribution in [0, 0.1) is 5.92 Å². The van der Waals surface area contributed by atoms with Crippen molar-refractivity contribution in [3.63, 3.8) is 0 Å². The van der Waals surface area contributed by atoms with Crippen LogP contribution < -0.4 is 0 Å². The Morgan fingerprint density at radius 3 is 2.54 bits per heavy atom. The predicted molar refractivity (Wildman–Crippen MR) is 50.3 cm³/mol. The molecule has 1 fully saturated rings. The van der Waals surface area contributed by atoms with E-state index in [4.69, 9.17) is 0 Å². The molecular weight excluding hydrogens is 166 g/mol. The maximum Gasteiger partial charge on any atom is 0.230 e. The first-order valence-corrected chi connectivity index (χ1v) is 4.89. The molecule has 3 nitrogen and oxygen atoms in total. The van der Waals surface area contributed by atoms with E-state index < -0.39 is 0 Å². The van der Waals surface area contributed by atoms with Gasteiger partial charge in [0.2, 0.25) is 5.91 Å². The maximum atomic E-state index is 11.2. The number of rotatable bonds is 4. The zero-order chi connectivity index (χ0) is 9.84. The minimum Gasteiger partial charge on any atom is -0.335 e. The second-order valence-corrected chi connectivity index (χ2v) is 4.07. The first kappa shape index (κ1) is 10.2. The van der Waals surface area contributed by atoms with Crippen LogP contribution in [-0.2, 0) is 9.59 Å². The first-order valence-electron chi connectivity index (χ1n) is 4.89. The molecular formula is C10H17NO2. The predicted octanol–water partition coefficient (Wildman–Crippen LogP) is 1.22. The summed E-state index contributed by atoms with van der Waals surface area (Å²) in [4.78, 5) is 23.7. The fourth-order valence-corrected chi connectivity index (χ4v) is 1.53. The van der Waals surface area contributed by atoms with E-state index in [1.807, 2.05) is 0 Å². The number of likely N-dealkylation sites (tertiary alicyclic amines) is 1. The summed E-state index contributed by atoms with van der Waals surface area (Å²) in [5.74, 6) is 0.747. The van der Waals surface area contributed by atoms with Crippen LogP contribution in [-0.4, -0.2) is 29.7 Å². The topological polar surface area (TPSA) is 37.4 Å². The monoisotopic (exact) mass is 183 g/mol. The smallest absolute Gasteiger partial charge is 0.230 e. The molecule has 0 aromatic rings. The van der Waals surface area contributed by atoms with E-state index in [-0.39, 0.29) is 18.1 Å². The number of Topliss-reactive ketones (excluding diaryl/α,β-unsaturated/α-hetero) is 1. The molecule has 1 amide bonds. The van der Waals surface area contributed by atoms with Crippen molar-refractivity contribution in [1.82, 2.24) is 4.90 Å². The van der Waals surface area contributed by atoms with Crippen molar-refractivity contribution in [2.24, 2.45) is 5.92 Å². The van der Waals surface area contributed by atoms with Gasteiger partial charge in [0.05, 0.1) is 13.0 Å². The van der Waals surface area contributed by atoms with Crippen molar-refractivity contribution in [2.45, 2.75) is 33.1 Å². The first-order chi connectivity index (χ1) is 6.09. The van der Waals surface area contributed by atoms with Crippen LogP contribution in [0.25, 0.3) is 0 Å². The molecule has 0 aromatic carbocycles. The molecule has 0 unspecified atom stereocenters. The molecule has 0 bridgehead atoms. The zero-order valence-electron chi connectivity index (χ0n) is 8.38. The molecule has 0 spiro atoms. The van der Waals surface area contributed by atoms with Crippen molar-refractivity contribution >= 4 is 11.7 Å². The molecule has 0 aromatic heterocycles. The highest BCUT2D eigenvalue weighted by Gasteiger charge is 2.26. The Balaban J connectivity index is 2.22. The van der Waals surface area contributed by atoms with Gasteiger partial charge in [-0.05, 0) is 18.8 Å². The van der Waals surface area contributed by atoms with E-state index >= 15 is 0 Å². The summed E-state index contributed by atoms with van der Waals surface area (Å²) >= 11 is 0. The highest BCUT2D eigenvalue weighted by Crippen LogP contribution is 2.10. The Hall–Kier alpha value is -0.860. The van der Waals surface area contributed by atoms with Crippen molar-refractivity contribution < 1.29 is 9.59 Å². The fourth-order valence-electron chi connectivity index (χ4n) is 1.53. The zero-order valence-corrected chi connectivity index (χ0v) is 8.38. The molecule has 1 heterocycles.